The summed E-state index contributed by atoms with van der Waals surface area (Å²) in [4.78, 5) is 12.5. The predicted octanol–water partition coefficient (Wildman–Crippen LogP) is 4.63. The minimum absolute atomic E-state index is 0.0760. The number of anilines is 1. The molecule has 2 N–H and O–H groups in total. The van der Waals surface area contributed by atoms with Gasteiger partial charge in [-0.3, -0.25) is 9.52 Å². The molecule has 3 aromatic carbocycles. The molecule has 1 atom stereocenters. The number of hydrogen-bond acceptors (Lipinski definition) is 3. The van der Waals surface area contributed by atoms with E-state index in [0.29, 0.717) is 16.3 Å². The highest BCUT2D eigenvalue weighted by atomic mass is 35.5. The summed E-state index contributed by atoms with van der Waals surface area (Å²) in [6, 6.07) is 21.4. The van der Waals surface area contributed by atoms with Crippen LogP contribution < -0.4 is 10.0 Å². The Kier molecular flexibility index (Phi) is 6.02. The molecule has 3 aromatic rings. The Morgan fingerprint density at radius 3 is 2.14 bits per heavy atom. The van der Waals surface area contributed by atoms with E-state index in [2.05, 4.69) is 10.0 Å². The van der Waals surface area contributed by atoms with Gasteiger partial charge in [0.2, 0.25) is 0 Å². The van der Waals surface area contributed by atoms with Crippen molar-refractivity contribution in [1.82, 2.24) is 5.32 Å². The van der Waals surface area contributed by atoms with Crippen molar-refractivity contribution in [2.24, 2.45) is 0 Å². The SMILES string of the molecule is CC(NC(=O)c1ccc(S(=O)(=O)Nc2ccccc2)cc1)c1ccccc1Cl. The number of rotatable bonds is 6. The van der Waals surface area contributed by atoms with Gasteiger partial charge >= 0.3 is 0 Å². The third kappa shape index (κ3) is 4.71. The van der Waals surface area contributed by atoms with Crippen molar-refractivity contribution < 1.29 is 13.2 Å². The van der Waals surface area contributed by atoms with Crippen LogP contribution in [0.15, 0.2) is 83.8 Å². The summed E-state index contributed by atoms with van der Waals surface area (Å²) in [6.45, 7) is 1.84. The highest BCUT2D eigenvalue weighted by Crippen LogP contribution is 2.23. The summed E-state index contributed by atoms with van der Waals surface area (Å²) in [6.07, 6.45) is 0. The third-order valence-corrected chi connectivity index (χ3v) is 5.91. The average molecular weight is 415 g/mol. The fourth-order valence-electron chi connectivity index (χ4n) is 2.69. The topological polar surface area (TPSA) is 75.3 Å². The van der Waals surface area contributed by atoms with Crippen LogP contribution in [0.5, 0.6) is 0 Å². The standard InChI is InChI=1S/C21H19ClN2O3S/c1-15(19-9-5-6-10-20(19)22)23-21(25)16-11-13-18(14-12-16)28(26,27)24-17-7-3-2-4-8-17/h2-15,24H,1H3,(H,23,25). The first-order chi connectivity index (χ1) is 13.4. The Balaban J connectivity index is 1.71. The van der Waals surface area contributed by atoms with Gasteiger partial charge in [-0.1, -0.05) is 48.0 Å². The Morgan fingerprint density at radius 1 is 0.893 bits per heavy atom. The number of hydrogen-bond donors (Lipinski definition) is 2. The number of amides is 1. The molecule has 0 bridgehead atoms. The Hall–Kier alpha value is -2.83. The lowest BCUT2D eigenvalue weighted by atomic mass is 10.1. The molecule has 0 saturated heterocycles. The number of sulfonamides is 1. The largest absolute Gasteiger partial charge is 0.345 e. The lowest BCUT2D eigenvalue weighted by molar-refractivity contribution is 0.0940. The van der Waals surface area contributed by atoms with Crippen molar-refractivity contribution in [3.05, 3.63) is 95.0 Å². The minimum Gasteiger partial charge on any atom is -0.345 e. The van der Waals surface area contributed by atoms with Crippen LogP contribution >= 0.6 is 11.6 Å². The molecule has 1 amide bonds. The number of halogens is 1. The van der Waals surface area contributed by atoms with Crippen molar-refractivity contribution >= 4 is 33.2 Å². The second-order valence-corrected chi connectivity index (χ2v) is 8.30. The molecule has 28 heavy (non-hydrogen) atoms. The zero-order valence-corrected chi connectivity index (χ0v) is 16.7. The summed E-state index contributed by atoms with van der Waals surface area (Å²) in [5.41, 5.74) is 1.64. The molecule has 0 radical (unpaired) electrons. The lowest BCUT2D eigenvalue weighted by Crippen LogP contribution is -2.26. The first-order valence-corrected chi connectivity index (χ1v) is 10.5. The van der Waals surface area contributed by atoms with Crippen molar-refractivity contribution in [3.8, 4) is 0 Å². The second-order valence-electron chi connectivity index (χ2n) is 6.21. The van der Waals surface area contributed by atoms with Crippen molar-refractivity contribution in [2.75, 3.05) is 4.72 Å². The summed E-state index contributed by atoms with van der Waals surface area (Å²) in [5.74, 6) is -0.313. The van der Waals surface area contributed by atoms with Crippen LogP contribution in [0.2, 0.25) is 5.02 Å². The zero-order chi connectivity index (χ0) is 20.1. The molecule has 0 aliphatic rings. The Bertz CT molecular complexity index is 1070. The van der Waals surface area contributed by atoms with E-state index in [1.165, 1.54) is 24.3 Å². The fraction of sp³-hybridized carbons (Fsp3) is 0.0952. The van der Waals surface area contributed by atoms with Gasteiger partial charge in [0, 0.05) is 16.3 Å². The van der Waals surface area contributed by atoms with Crippen molar-refractivity contribution in [2.45, 2.75) is 17.9 Å². The molecule has 0 fully saturated rings. The van der Waals surface area contributed by atoms with Gasteiger partial charge in [-0.2, -0.15) is 0 Å². The van der Waals surface area contributed by atoms with Crippen LogP contribution in [0, 0.1) is 0 Å². The molecule has 0 aromatic heterocycles. The zero-order valence-electron chi connectivity index (χ0n) is 15.1. The number of nitrogens with one attached hydrogen (secondary N) is 2. The number of carbonyl (C=O) groups is 1. The van der Waals surface area contributed by atoms with Gasteiger partial charge in [0.25, 0.3) is 15.9 Å². The molecule has 0 saturated carbocycles. The summed E-state index contributed by atoms with van der Waals surface area (Å²) in [7, 11) is -3.73. The lowest BCUT2D eigenvalue weighted by Gasteiger charge is -2.16. The number of benzene rings is 3. The van der Waals surface area contributed by atoms with Crippen LogP contribution in [0.25, 0.3) is 0 Å². The summed E-state index contributed by atoms with van der Waals surface area (Å²) >= 11 is 6.16. The van der Waals surface area contributed by atoms with E-state index in [1.807, 2.05) is 25.1 Å². The Labute approximate surface area is 169 Å². The highest BCUT2D eigenvalue weighted by molar-refractivity contribution is 7.92. The third-order valence-electron chi connectivity index (χ3n) is 4.17. The van der Waals surface area contributed by atoms with Crippen molar-refractivity contribution in [3.63, 3.8) is 0 Å². The quantitative estimate of drug-likeness (QED) is 0.617. The molecule has 7 heteroatoms. The average Bonchev–Trinajstić information content (AvgIpc) is 2.69. The van der Waals surface area contributed by atoms with E-state index in [1.54, 1.807) is 36.4 Å². The van der Waals surface area contributed by atoms with Gasteiger partial charge < -0.3 is 5.32 Å². The van der Waals surface area contributed by atoms with Crippen LogP contribution in [0.3, 0.4) is 0 Å². The van der Waals surface area contributed by atoms with Gasteiger partial charge in [0.05, 0.1) is 10.9 Å². The Morgan fingerprint density at radius 2 is 1.50 bits per heavy atom. The van der Waals surface area contributed by atoms with Gasteiger partial charge in [0.15, 0.2) is 0 Å². The van der Waals surface area contributed by atoms with E-state index in [0.717, 1.165) is 5.56 Å². The fourth-order valence-corrected chi connectivity index (χ4v) is 4.05. The smallest absolute Gasteiger partial charge is 0.261 e. The van der Waals surface area contributed by atoms with Crippen LogP contribution in [0.1, 0.15) is 28.9 Å². The molecule has 0 aliphatic carbocycles. The first-order valence-electron chi connectivity index (χ1n) is 8.60. The highest BCUT2D eigenvalue weighted by Gasteiger charge is 2.17. The van der Waals surface area contributed by atoms with Crippen LogP contribution in [0.4, 0.5) is 5.69 Å². The van der Waals surface area contributed by atoms with Gasteiger partial charge in [0.1, 0.15) is 0 Å². The molecule has 5 nitrogen and oxygen atoms in total. The van der Waals surface area contributed by atoms with E-state index >= 15 is 0 Å². The predicted molar refractivity (Wildman–Crippen MR) is 111 cm³/mol. The number of carbonyl (C=O) groups excluding carboxylic acids is 1. The molecule has 144 valence electrons. The van der Waals surface area contributed by atoms with E-state index < -0.39 is 10.0 Å². The van der Waals surface area contributed by atoms with Crippen molar-refractivity contribution in [1.29, 1.82) is 0 Å². The monoisotopic (exact) mass is 414 g/mol. The maximum atomic E-state index is 12.5. The molecule has 0 heterocycles. The molecule has 1 unspecified atom stereocenters. The normalized spacial score (nSPS) is 12.2. The van der Waals surface area contributed by atoms with E-state index in [4.69, 9.17) is 11.6 Å². The van der Waals surface area contributed by atoms with Crippen LogP contribution in [-0.4, -0.2) is 14.3 Å². The molecule has 0 aliphatic heterocycles. The van der Waals surface area contributed by atoms with E-state index in [-0.39, 0.29) is 16.8 Å². The summed E-state index contributed by atoms with van der Waals surface area (Å²) in [5, 5.41) is 3.44. The van der Waals surface area contributed by atoms with Gasteiger partial charge in [-0.05, 0) is 55.0 Å². The molecule has 3 rings (SSSR count). The second kappa shape index (κ2) is 8.46. The molecule has 0 spiro atoms. The van der Waals surface area contributed by atoms with Crippen LogP contribution in [-0.2, 0) is 10.0 Å². The molecular weight excluding hydrogens is 396 g/mol. The maximum absolute atomic E-state index is 12.5. The minimum atomic E-state index is -3.73. The maximum Gasteiger partial charge on any atom is 0.261 e. The van der Waals surface area contributed by atoms with Gasteiger partial charge in [-0.25, -0.2) is 8.42 Å². The van der Waals surface area contributed by atoms with Gasteiger partial charge in [-0.15, -0.1) is 0 Å². The summed E-state index contributed by atoms with van der Waals surface area (Å²) < 4.78 is 27.4. The van der Waals surface area contributed by atoms with E-state index in [9.17, 15) is 13.2 Å². The first kappa shape index (κ1) is 19.9. The molecular formula is C21H19ClN2O3S. The number of para-hydroxylation sites is 1.